The van der Waals surface area contributed by atoms with E-state index in [4.69, 9.17) is 0 Å². The highest BCUT2D eigenvalue weighted by Crippen LogP contribution is 2.30. The quantitative estimate of drug-likeness (QED) is 0.841. The molecule has 0 aromatic carbocycles. The summed E-state index contributed by atoms with van der Waals surface area (Å²) in [5, 5.41) is 3.43. The lowest BCUT2D eigenvalue weighted by molar-refractivity contribution is -0.130. The second-order valence-corrected chi connectivity index (χ2v) is 7.02. The predicted molar refractivity (Wildman–Crippen MR) is 88.5 cm³/mol. The number of amides is 1. The zero-order chi connectivity index (χ0) is 15.4. The molecule has 2 rings (SSSR count). The van der Waals surface area contributed by atoms with Gasteiger partial charge in [0.1, 0.15) is 6.17 Å². The van der Waals surface area contributed by atoms with Crippen LogP contribution in [0.5, 0.6) is 0 Å². The number of thiophene rings is 1. The zero-order valence-corrected chi connectivity index (χ0v) is 14.4. The highest BCUT2D eigenvalue weighted by molar-refractivity contribution is 7.12. The second-order valence-electron chi connectivity index (χ2n) is 5.71. The van der Waals surface area contributed by atoms with E-state index in [1.807, 2.05) is 11.8 Å². The van der Waals surface area contributed by atoms with E-state index < -0.39 is 0 Å². The van der Waals surface area contributed by atoms with Crippen LogP contribution in [0.2, 0.25) is 0 Å². The smallest absolute Gasteiger partial charge is 0.241 e. The normalized spacial score (nSPS) is 22.5. The first-order valence-corrected chi connectivity index (χ1v) is 8.73. The Morgan fingerprint density at radius 2 is 2.10 bits per heavy atom. The van der Waals surface area contributed by atoms with Gasteiger partial charge in [0, 0.05) is 22.8 Å². The molecule has 2 unspecified atom stereocenters. The van der Waals surface area contributed by atoms with E-state index in [0.29, 0.717) is 0 Å². The lowest BCUT2D eigenvalue weighted by Gasteiger charge is -2.27. The average molecular weight is 309 g/mol. The zero-order valence-electron chi connectivity index (χ0n) is 13.6. The number of rotatable bonds is 7. The molecule has 1 aliphatic heterocycles. The first kappa shape index (κ1) is 16.5. The molecule has 21 heavy (non-hydrogen) atoms. The van der Waals surface area contributed by atoms with E-state index in [2.05, 4.69) is 43.1 Å². The van der Waals surface area contributed by atoms with Crippen LogP contribution in [0.15, 0.2) is 12.1 Å². The summed E-state index contributed by atoms with van der Waals surface area (Å²) in [7, 11) is 0. The molecule has 0 radical (unpaired) electrons. The van der Waals surface area contributed by atoms with Gasteiger partial charge < -0.3 is 9.80 Å². The van der Waals surface area contributed by atoms with Gasteiger partial charge in [0.2, 0.25) is 5.91 Å². The van der Waals surface area contributed by atoms with Gasteiger partial charge in [0.15, 0.2) is 0 Å². The van der Waals surface area contributed by atoms with E-state index in [1.165, 1.54) is 9.75 Å². The summed E-state index contributed by atoms with van der Waals surface area (Å²) >= 11 is 1.77. The number of nitrogens with zero attached hydrogens (tertiary/aromatic N) is 2. The third-order valence-corrected chi connectivity index (χ3v) is 5.10. The van der Waals surface area contributed by atoms with Crippen molar-refractivity contribution in [2.24, 2.45) is 0 Å². The maximum atomic E-state index is 12.4. The maximum absolute atomic E-state index is 12.4. The van der Waals surface area contributed by atoms with Crippen molar-refractivity contribution >= 4 is 17.2 Å². The van der Waals surface area contributed by atoms with Gasteiger partial charge in [-0.2, -0.15) is 0 Å². The fraction of sp³-hybridized carbons (Fsp3) is 0.688. The van der Waals surface area contributed by atoms with Crippen LogP contribution >= 0.6 is 11.3 Å². The van der Waals surface area contributed by atoms with Crippen molar-refractivity contribution in [3.8, 4) is 0 Å². The summed E-state index contributed by atoms with van der Waals surface area (Å²) in [6, 6.07) is 4.18. The van der Waals surface area contributed by atoms with E-state index in [0.717, 1.165) is 32.6 Å². The van der Waals surface area contributed by atoms with Gasteiger partial charge >= 0.3 is 0 Å². The van der Waals surface area contributed by atoms with Crippen molar-refractivity contribution < 1.29 is 4.79 Å². The Kier molecular flexibility index (Phi) is 5.79. The summed E-state index contributed by atoms with van der Waals surface area (Å²) in [5.74, 6) is 0.221. The number of aryl methyl sites for hydroxylation is 1. The highest BCUT2D eigenvalue weighted by Gasteiger charge is 2.37. The summed E-state index contributed by atoms with van der Waals surface area (Å²) in [4.78, 5) is 19.4. The lowest BCUT2D eigenvalue weighted by atomic mass is 10.3. The molecule has 5 heteroatoms. The molecule has 1 saturated heterocycles. The highest BCUT2D eigenvalue weighted by atomic mass is 32.1. The Morgan fingerprint density at radius 3 is 2.67 bits per heavy atom. The fourth-order valence-corrected chi connectivity index (χ4v) is 3.79. The van der Waals surface area contributed by atoms with Crippen LogP contribution in [0.4, 0.5) is 0 Å². The van der Waals surface area contributed by atoms with Gasteiger partial charge in [0.05, 0.1) is 6.04 Å². The molecular formula is C16H27N3OS. The molecule has 1 N–H and O–H groups in total. The summed E-state index contributed by atoms with van der Waals surface area (Å²) in [5.41, 5.74) is 0. The Bertz CT molecular complexity index is 474. The molecule has 1 aliphatic rings. The number of hydrogen-bond acceptors (Lipinski definition) is 4. The van der Waals surface area contributed by atoms with E-state index in [9.17, 15) is 4.79 Å². The third-order valence-electron chi connectivity index (χ3n) is 4.05. The molecule has 118 valence electrons. The molecule has 4 nitrogen and oxygen atoms in total. The number of carbonyl (C=O) groups excluding carboxylic acids is 1. The number of likely N-dealkylation sites (N-methyl/N-ethyl adjacent to an activating group) is 1. The Balaban J connectivity index is 2.05. The van der Waals surface area contributed by atoms with Gasteiger partial charge in [-0.1, -0.05) is 13.8 Å². The average Bonchev–Trinajstić information content (AvgIpc) is 3.01. The topological polar surface area (TPSA) is 35.6 Å². The van der Waals surface area contributed by atoms with E-state index in [-0.39, 0.29) is 18.1 Å². The summed E-state index contributed by atoms with van der Waals surface area (Å²) in [6.45, 7) is 12.3. The van der Waals surface area contributed by atoms with Crippen LogP contribution in [-0.4, -0.2) is 47.9 Å². The van der Waals surface area contributed by atoms with Crippen LogP contribution < -0.4 is 5.32 Å². The molecular weight excluding hydrogens is 282 g/mol. The molecule has 2 atom stereocenters. The lowest BCUT2D eigenvalue weighted by Crippen LogP contribution is -2.38. The van der Waals surface area contributed by atoms with Gasteiger partial charge in [-0.3, -0.25) is 10.1 Å². The minimum absolute atomic E-state index is 0.0477. The van der Waals surface area contributed by atoms with Gasteiger partial charge in [-0.15, -0.1) is 11.3 Å². The minimum atomic E-state index is -0.0846. The number of nitrogens with one attached hydrogen (secondary N) is 1. The Morgan fingerprint density at radius 1 is 1.33 bits per heavy atom. The van der Waals surface area contributed by atoms with Crippen molar-refractivity contribution in [2.75, 3.05) is 26.2 Å². The molecule has 0 spiro atoms. The first-order chi connectivity index (χ1) is 10.1. The third kappa shape index (κ3) is 3.84. The fourth-order valence-electron chi connectivity index (χ4n) is 2.84. The molecule has 0 saturated carbocycles. The van der Waals surface area contributed by atoms with Crippen LogP contribution in [0.3, 0.4) is 0 Å². The predicted octanol–water partition coefficient (Wildman–Crippen LogP) is 2.61. The molecule has 2 heterocycles. The maximum Gasteiger partial charge on any atom is 0.241 e. The number of carbonyl (C=O) groups is 1. The van der Waals surface area contributed by atoms with Crippen molar-refractivity contribution in [1.29, 1.82) is 0 Å². The van der Waals surface area contributed by atoms with Gasteiger partial charge in [0.25, 0.3) is 0 Å². The van der Waals surface area contributed by atoms with Crippen LogP contribution in [-0.2, 0) is 4.79 Å². The molecule has 0 aliphatic carbocycles. The van der Waals surface area contributed by atoms with Crippen molar-refractivity contribution in [2.45, 2.75) is 46.3 Å². The molecule has 1 aromatic heterocycles. The Hall–Kier alpha value is -0.910. The van der Waals surface area contributed by atoms with Crippen molar-refractivity contribution in [1.82, 2.24) is 15.1 Å². The van der Waals surface area contributed by atoms with Crippen LogP contribution in [0.1, 0.15) is 43.1 Å². The van der Waals surface area contributed by atoms with Crippen LogP contribution in [0, 0.1) is 6.92 Å². The Labute approximate surface area is 132 Å². The van der Waals surface area contributed by atoms with Gasteiger partial charge in [-0.25, -0.2) is 0 Å². The van der Waals surface area contributed by atoms with E-state index >= 15 is 0 Å². The van der Waals surface area contributed by atoms with E-state index in [1.54, 1.807) is 11.3 Å². The molecule has 1 aromatic rings. The SMILES string of the molecule is CCCN(CC)CCN1C(=O)C(C)NC1c1ccc(C)s1. The van der Waals surface area contributed by atoms with Crippen LogP contribution in [0.25, 0.3) is 0 Å². The summed E-state index contributed by atoms with van der Waals surface area (Å²) < 4.78 is 0. The monoisotopic (exact) mass is 309 g/mol. The summed E-state index contributed by atoms with van der Waals surface area (Å²) in [6.07, 6.45) is 1.20. The number of hydrogen-bond donors (Lipinski definition) is 1. The standard InChI is InChI=1S/C16H27N3OS/c1-5-9-18(6-2)10-11-19-15(17-13(4)16(19)20)14-8-7-12(3)21-14/h7-8,13,15,17H,5-6,9-11H2,1-4H3. The molecule has 1 amide bonds. The first-order valence-electron chi connectivity index (χ1n) is 7.92. The molecule has 1 fully saturated rings. The van der Waals surface area contributed by atoms with Gasteiger partial charge in [-0.05, 0) is 45.5 Å². The van der Waals surface area contributed by atoms with Crippen molar-refractivity contribution in [3.05, 3.63) is 21.9 Å². The molecule has 0 bridgehead atoms. The minimum Gasteiger partial charge on any atom is -0.319 e. The van der Waals surface area contributed by atoms with Crippen molar-refractivity contribution in [3.63, 3.8) is 0 Å². The second kappa shape index (κ2) is 7.38. The largest absolute Gasteiger partial charge is 0.319 e.